The maximum Gasteiger partial charge on any atom is 0.268 e. The van der Waals surface area contributed by atoms with E-state index < -0.39 is 10.0 Å². The monoisotopic (exact) mass is 352 g/mol. The van der Waals surface area contributed by atoms with Crippen molar-refractivity contribution in [2.45, 2.75) is 11.8 Å². The molecule has 1 aromatic heterocycles. The average molecular weight is 352 g/mol. The Kier molecular flexibility index (Phi) is 4.34. The number of ether oxygens (including phenoxy) is 1. The van der Waals surface area contributed by atoms with Crippen LogP contribution in [0.25, 0.3) is 16.7 Å². The van der Waals surface area contributed by atoms with Crippen LogP contribution in [0.5, 0.6) is 0 Å². The minimum Gasteiger partial charge on any atom is -0.492 e. The molecule has 0 amide bonds. The number of nitrogens with zero attached hydrogens (tertiary/aromatic N) is 2. The van der Waals surface area contributed by atoms with E-state index in [-0.39, 0.29) is 10.7 Å². The molecule has 3 aromatic rings. The highest BCUT2D eigenvalue weighted by Crippen LogP contribution is 2.30. The fourth-order valence-electron chi connectivity index (χ4n) is 2.66. The molecule has 6 heteroatoms. The van der Waals surface area contributed by atoms with E-state index in [1.54, 1.807) is 49.4 Å². The van der Waals surface area contributed by atoms with Crippen LogP contribution in [-0.4, -0.2) is 19.0 Å². The molecule has 0 fully saturated rings. The van der Waals surface area contributed by atoms with Crippen LogP contribution in [0.3, 0.4) is 0 Å². The zero-order valence-electron chi connectivity index (χ0n) is 13.6. The summed E-state index contributed by atoms with van der Waals surface area (Å²) in [5, 5.41) is 9.72. The zero-order valence-corrected chi connectivity index (χ0v) is 14.5. The first-order valence-electron chi connectivity index (χ1n) is 7.67. The van der Waals surface area contributed by atoms with Crippen molar-refractivity contribution < 1.29 is 13.2 Å². The van der Waals surface area contributed by atoms with Gasteiger partial charge in [-0.15, -0.1) is 0 Å². The maximum atomic E-state index is 13.2. The van der Waals surface area contributed by atoms with Crippen molar-refractivity contribution in [1.82, 2.24) is 3.97 Å². The van der Waals surface area contributed by atoms with Gasteiger partial charge >= 0.3 is 0 Å². The number of hydrogen-bond donors (Lipinski definition) is 0. The standard InChI is InChI=1S/C19H16N2O3S/c1-3-24-14(2)19-12-16-11-15(13-20)9-10-18(16)21(19)25(22,23)17-7-5-4-6-8-17/h4-12H,2-3H2,1H3. The lowest BCUT2D eigenvalue weighted by Crippen LogP contribution is -2.15. The maximum absolute atomic E-state index is 13.2. The number of nitriles is 1. The molecule has 0 aliphatic rings. The molecule has 25 heavy (non-hydrogen) atoms. The van der Waals surface area contributed by atoms with Crippen LogP contribution >= 0.6 is 0 Å². The first-order chi connectivity index (χ1) is 12.0. The average Bonchev–Trinajstić information content (AvgIpc) is 3.02. The van der Waals surface area contributed by atoms with Crippen molar-refractivity contribution in [3.8, 4) is 6.07 Å². The van der Waals surface area contributed by atoms with Gasteiger partial charge in [-0.25, -0.2) is 12.4 Å². The van der Waals surface area contributed by atoms with Crippen LogP contribution in [-0.2, 0) is 14.8 Å². The molecular formula is C19H16N2O3S. The Morgan fingerprint density at radius 3 is 2.56 bits per heavy atom. The van der Waals surface area contributed by atoms with E-state index in [0.717, 1.165) is 0 Å². The summed E-state index contributed by atoms with van der Waals surface area (Å²) in [6, 6.07) is 16.8. The lowest BCUT2D eigenvalue weighted by atomic mass is 10.2. The molecule has 126 valence electrons. The summed E-state index contributed by atoms with van der Waals surface area (Å²) in [7, 11) is -3.84. The third-order valence-corrected chi connectivity index (χ3v) is 5.51. The third-order valence-electron chi connectivity index (χ3n) is 3.77. The molecule has 0 radical (unpaired) electrons. The van der Waals surface area contributed by atoms with E-state index >= 15 is 0 Å². The minimum atomic E-state index is -3.84. The first-order valence-corrected chi connectivity index (χ1v) is 9.11. The van der Waals surface area contributed by atoms with Gasteiger partial charge in [-0.05, 0) is 43.3 Å². The van der Waals surface area contributed by atoms with E-state index in [4.69, 9.17) is 10.00 Å². The van der Waals surface area contributed by atoms with Crippen molar-refractivity contribution in [2.24, 2.45) is 0 Å². The highest BCUT2D eigenvalue weighted by molar-refractivity contribution is 7.90. The second kappa shape index (κ2) is 6.46. The minimum absolute atomic E-state index is 0.169. The topological polar surface area (TPSA) is 72.1 Å². The summed E-state index contributed by atoms with van der Waals surface area (Å²) in [4.78, 5) is 0.169. The van der Waals surface area contributed by atoms with E-state index in [1.807, 2.05) is 0 Å². The Balaban J connectivity index is 2.34. The van der Waals surface area contributed by atoms with Crippen LogP contribution in [0.4, 0.5) is 0 Å². The van der Waals surface area contributed by atoms with E-state index in [9.17, 15) is 8.42 Å². The van der Waals surface area contributed by atoms with Gasteiger partial charge in [0.05, 0.1) is 34.3 Å². The highest BCUT2D eigenvalue weighted by atomic mass is 32.2. The summed E-state index contributed by atoms with van der Waals surface area (Å²) in [6.45, 7) is 6.02. The largest absolute Gasteiger partial charge is 0.492 e. The normalized spacial score (nSPS) is 11.2. The van der Waals surface area contributed by atoms with Crippen LogP contribution in [0, 0.1) is 11.3 Å². The lowest BCUT2D eigenvalue weighted by molar-refractivity contribution is 0.297. The molecule has 2 aromatic carbocycles. The zero-order chi connectivity index (χ0) is 18.0. The van der Waals surface area contributed by atoms with Crippen LogP contribution in [0.15, 0.2) is 66.1 Å². The van der Waals surface area contributed by atoms with Crippen LogP contribution in [0.1, 0.15) is 18.2 Å². The summed E-state index contributed by atoms with van der Waals surface area (Å²) in [5.41, 5.74) is 1.27. The predicted octanol–water partition coefficient (Wildman–Crippen LogP) is 3.76. The Bertz CT molecular complexity index is 1090. The fourth-order valence-corrected chi connectivity index (χ4v) is 4.21. The Morgan fingerprint density at radius 2 is 1.92 bits per heavy atom. The smallest absolute Gasteiger partial charge is 0.268 e. The number of fused-ring (bicyclic) bond motifs is 1. The van der Waals surface area contributed by atoms with E-state index in [0.29, 0.717) is 28.8 Å². The molecule has 0 spiro atoms. The molecule has 0 aliphatic heterocycles. The van der Waals surface area contributed by atoms with E-state index in [2.05, 4.69) is 12.6 Å². The van der Waals surface area contributed by atoms with Gasteiger partial charge in [0.25, 0.3) is 10.0 Å². The van der Waals surface area contributed by atoms with Gasteiger partial charge in [-0.2, -0.15) is 5.26 Å². The van der Waals surface area contributed by atoms with Crippen molar-refractivity contribution in [3.63, 3.8) is 0 Å². The lowest BCUT2D eigenvalue weighted by Gasteiger charge is -2.13. The number of benzene rings is 2. The quantitative estimate of drug-likeness (QED) is 0.656. The number of hydrogen-bond acceptors (Lipinski definition) is 4. The predicted molar refractivity (Wildman–Crippen MR) is 96.3 cm³/mol. The van der Waals surface area contributed by atoms with Crippen molar-refractivity contribution in [3.05, 3.63) is 72.4 Å². The van der Waals surface area contributed by atoms with Crippen LogP contribution in [0.2, 0.25) is 0 Å². The first kappa shape index (κ1) is 16.8. The highest BCUT2D eigenvalue weighted by Gasteiger charge is 2.24. The van der Waals surface area contributed by atoms with Gasteiger partial charge in [0, 0.05) is 5.39 Å². The van der Waals surface area contributed by atoms with Gasteiger partial charge in [0.15, 0.2) is 0 Å². The summed E-state index contributed by atoms with van der Waals surface area (Å²) in [5.74, 6) is 0.261. The van der Waals surface area contributed by atoms with Crippen LogP contribution < -0.4 is 0 Å². The van der Waals surface area contributed by atoms with Crippen molar-refractivity contribution in [2.75, 3.05) is 6.61 Å². The Morgan fingerprint density at radius 1 is 1.20 bits per heavy atom. The van der Waals surface area contributed by atoms with Gasteiger partial charge < -0.3 is 4.74 Å². The molecule has 3 rings (SSSR count). The third kappa shape index (κ3) is 2.90. The molecule has 0 saturated carbocycles. The van der Waals surface area contributed by atoms with Crippen molar-refractivity contribution >= 4 is 26.7 Å². The van der Waals surface area contributed by atoms with E-state index in [1.165, 1.54) is 16.1 Å². The van der Waals surface area contributed by atoms with Gasteiger partial charge in [-0.3, -0.25) is 0 Å². The summed E-state index contributed by atoms with van der Waals surface area (Å²) < 4.78 is 33.0. The summed E-state index contributed by atoms with van der Waals surface area (Å²) in [6.07, 6.45) is 0. The Hall–Kier alpha value is -3.04. The fraction of sp³-hybridized carbons (Fsp3) is 0.105. The molecule has 5 nitrogen and oxygen atoms in total. The SMILES string of the molecule is C=C(OCC)c1cc2cc(C#N)ccc2n1S(=O)(=O)c1ccccc1. The molecule has 0 unspecified atom stereocenters. The molecular weight excluding hydrogens is 336 g/mol. The molecule has 0 atom stereocenters. The molecule has 0 N–H and O–H groups in total. The molecule has 0 bridgehead atoms. The summed E-state index contributed by atoms with van der Waals surface area (Å²) >= 11 is 0. The Labute approximate surface area is 146 Å². The molecule has 0 saturated heterocycles. The van der Waals surface area contributed by atoms with Gasteiger partial charge in [0.1, 0.15) is 5.76 Å². The second-order valence-electron chi connectivity index (χ2n) is 5.35. The van der Waals surface area contributed by atoms with Crippen molar-refractivity contribution in [1.29, 1.82) is 5.26 Å². The second-order valence-corrected chi connectivity index (χ2v) is 7.14. The number of aromatic nitrogens is 1. The van der Waals surface area contributed by atoms with Gasteiger partial charge in [0.2, 0.25) is 0 Å². The van der Waals surface area contributed by atoms with Gasteiger partial charge in [-0.1, -0.05) is 24.8 Å². The molecule has 0 aliphatic carbocycles. The number of rotatable bonds is 5. The molecule has 1 heterocycles.